The average Bonchev–Trinajstić information content (AvgIpc) is 2.51. The molecule has 5 heteroatoms. The number of rotatable bonds is 3. The molecule has 0 aromatic heterocycles. The van der Waals surface area contributed by atoms with Crippen molar-refractivity contribution in [2.45, 2.75) is 6.17 Å². The molecule has 2 aromatic carbocycles. The lowest BCUT2D eigenvalue weighted by Crippen LogP contribution is -2.46. The lowest BCUT2D eigenvalue weighted by molar-refractivity contribution is -0.131. The van der Waals surface area contributed by atoms with Gasteiger partial charge in [0.2, 0.25) is 0 Å². The van der Waals surface area contributed by atoms with Gasteiger partial charge < -0.3 is 10.2 Å². The molecular weight excluding hydrogens is 256 g/mol. The zero-order chi connectivity index (χ0) is 13.9. The van der Waals surface area contributed by atoms with E-state index < -0.39 is 6.17 Å². The van der Waals surface area contributed by atoms with Crippen molar-refractivity contribution in [3.63, 3.8) is 0 Å². The van der Waals surface area contributed by atoms with Crippen molar-refractivity contribution in [1.29, 1.82) is 0 Å². The second-order valence-electron chi connectivity index (χ2n) is 4.33. The van der Waals surface area contributed by atoms with Crippen LogP contribution in [0.4, 0.5) is 5.69 Å². The van der Waals surface area contributed by atoms with Gasteiger partial charge in [-0.15, -0.1) is 0 Å². The van der Waals surface area contributed by atoms with Crippen LogP contribution < -0.4 is 10.4 Å². The van der Waals surface area contributed by atoms with E-state index in [1.807, 2.05) is 30.3 Å². The van der Waals surface area contributed by atoms with E-state index in [2.05, 4.69) is 5.32 Å². The topological polar surface area (TPSA) is 58.6 Å². The number of fused-ring (bicyclic) bond motifs is 1. The van der Waals surface area contributed by atoms with Gasteiger partial charge in [0.25, 0.3) is 5.91 Å². The fourth-order valence-electron chi connectivity index (χ4n) is 2.28. The van der Waals surface area contributed by atoms with Gasteiger partial charge in [0.1, 0.15) is 0 Å². The average molecular weight is 268 g/mol. The number of nitrogens with one attached hydrogen (secondary N) is 1. The van der Waals surface area contributed by atoms with Crippen LogP contribution >= 0.6 is 0 Å². The van der Waals surface area contributed by atoms with Crippen molar-refractivity contribution in [1.82, 2.24) is 5.32 Å². The SMILES string of the molecule is O=CON1c2ccccc2C(=O)NC1c1ccccc1. The molecule has 0 bridgehead atoms. The van der Waals surface area contributed by atoms with Crippen LogP contribution in [0.1, 0.15) is 22.1 Å². The van der Waals surface area contributed by atoms with Gasteiger partial charge >= 0.3 is 6.47 Å². The molecular formula is C15H12N2O3. The van der Waals surface area contributed by atoms with E-state index in [-0.39, 0.29) is 5.91 Å². The molecule has 3 rings (SSSR count). The van der Waals surface area contributed by atoms with E-state index in [1.165, 1.54) is 5.06 Å². The number of anilines is 1. The number of hydrogen-bond donors (Lipinski definition) is 1. The number of hydroxylamine groups is 1. The van der Waals surface area contributed by atoms with Crippen LogP contribution in [-0.4, -0.2) is 12.4 Å². The van der Waals surface area contributed by atoms with Gasteiger partial charge in [-0.2, -0.15) is 5.06 Å². The van der Waals surface area contributed by atoms with E-state index in [0.717, 1.165) is 5.56 Å². The van der Waals surface area contributed by atoms with E-state index in [1.54, 1.807) is 24.3 Å². The van der Waals surface area contributed by atoms with Crippen molar-refractivity contribution >= 4 is 18.1 Å². The summed E-state index contributed by atoms with van der Waals surface area (Å²) in [6, 6.07) is 16.3. The Balaban J connectivity index is 2.08. The molecule has 1 N–H and O–H groups in total. The summed E-state index contributed by atoms with van der Waals surface area (Å²) in [7, 11) is 0. The maximum absolute atomic E-state index is 12.1. The first-order valence-electron chi connectivity index (χ1n) is 6.16. The third-order valence-corrected chi connectivity index (χ3v) is 3.16. The van der Waals surface area contributed by atoms with Crippen LogP contribution in [0.3, 0.4) is 0 Å². The molecule has 0 spiro atoms. The summed E-state index contributed by atoms with van der Waals surface area (Å²) < 4.78 is 0. The summed E-state index contributed by atoms with van der Waals surface area (Å²) >= 11 is 0. The van der Waals surface area contributed by atoms with Crippen molar-refractivity contribution in [3.8, 4) is 0 Å². The predicted octanol–water partition coefficient (Wildman–Crippen LogP) is 2.02. The highest BCUT2D eigenvalue weighted by Gasteiger charge is 2.33. The normalized spacial score (nSPS) is 17.1. The largest absolute Gasteiger partial charge is 0.342 e. The molecule has 1 unspecified atom stereocenters. The van der Waals surface area contributed by atoms with Crippen LogP contribution in [0.2, 0.25) is 0 Å². The number of carbonyl (C=O) groups is 2. The minimum atomic E-state index is -0.538. The number of para-hydroxylation sites is 1. The minimum absolute atomic E-state index is 0.194. The lowest BCUT2D eigenvalue weighted by atomic mass is 10.1. The van der Waals surface area contributed by atoms with Crippen LogP contribution in [-0.2, 0) is 9.63 Å². The Kier molecular flexibility index (Phi) is 3.09. The molecule has 100 valence electrons. The molecule has 0 fully saturated rings. The van der Waals surface area contributed by atoms with Gasteiger partial charge in [0.05, 0.1) is 11.3 Å². The summed E-state index contributed by atoms with van der Waals surface area (Å²) in [5.74, 6) is -0.194. The predicted molar refractivity (Wildman–Crippen MR) is 72.7 cm³/mol. The summed E-state index contributed by atoms with van der Waals surface area (Å²) in [6.45, 7) is 0.351. The Hall–Kier alpha value is -2.82. The molecule has 0 radical (unpaired) electrons. The van der Waals surface area contributed by atoms with Crippen molar-refractivity contribution in [2.75, 3.05) is 5.06 Å². The highest BCUT2D eigenvalue weighted by Crippen LogP contribution is 2.32. The zero-order valence-electron chi connectivity index (χ0n) is 10.5. The maximum Gasteiger partial charge on any atom is 0.320 e. The molecule has 1 heterocycles. The molecule has 2 aromatic rings. The quantitative estimate of drug-likeness (QED) is 0.865. The number of benzene rings is 2. The van der Waals surface area contributed by atoms with E-state index in [0.29, 0.717) is 17.7 Å². The van der Waals surface area contributed by atoms with Gasteiger partial charge in [-0.1, -0.05) is 42.5 Å². The highest BCUT2D eigenvalue weighted by atomic mass is 16.7. The lowest BCUT2D eigenvalue weighted by Gasteiger charge is -2.35. The Bertz CT molecular complexity index is 643. The van der Waals surface area contributed by atoms with E-state index in [4.69, 9.17) is 4.84 Å². The van der Waals surface area contributed by atoms with Crippen LogP contribution in [0.5, 0.6) is 0 Å². The van der Waals surface area contributed by atoms with Gasteiger partial charge in [0, 0.05) is 0 Å². The van der Waals surface area contributed by atoms with Gasteiger partial charge in [0.15, 0.2) is 6.17 Å². The molecule has 0 aliphatic carbocycles. The summed E-state index contributed by atoms with van der Waals surface area (Å²) in [6.07, 6.45) is -0.538. The molecule has 5 nitrogen and oxygen atoms in total. The summed E-state index contributed by atoms with van der Waals surface area (Å²) in [4.78, 5) is 28.0. The molecule has 1 amide bonds. The molecule has 0 saturated heterocycles. The molecule has 20 heavy (non-hydrogen) atoms. The zero-order valence-corrected chi connectivity index (χ0v) is 10.5. The number of carbonyl (C=O) groups excluding carboxylic acids is 2. The van der Waals surface area contributed by atoms with E-state index >= 15 is 0 Å². The van der Waals surface area contributed by atoms with Crippen LogP contribution in [0.25, 0.3) is 0 Å². The second kappa shape index (κ2) is 5.05. The first-order valence-corrected chi connectivity index (χ1v) is 6.16. The Labute approximate surface area is 115 Å². The third-order valence-electron chi connectivity index (χ3n) is 3.16. The third kappa shape index (κ3) is 1.99. The smallest absolute Gasteiger partial charge is 0.320 e. The van der Waals surface area contributed by atoms with Gasteiger partial charge in [-0.25, -0.2) is 0 Å². The highest BCUT2D eigenvalue weighted by molar-refractivity contribution is 6.01. The minimum Gasteiger partial charge on any atom is -0.342 e. The van der Waals surface area contributed by atoms with E-state index in [9.17, 15) is 9.59 Å². The summed E-state index contributed by atoms with van der Waals surface area (Å²) in [5.41, 5.74) is 1.87. The maximum atomic E-state index is 12.1. The molecule has 0 saturated carbocycles. The Morgan fingerprint density at radius 1 is 1.05 bits per heavy atom. The van der Waals surface area contributed by atoms with Crippen molar-refractivity contribution < 1.29 is 14.4 Å². The van der Waals surface area contributed by atoms with Gasteiger partial charge in [-0.05, 0) is 17.7 Å². The number of amides is 1. The Morgan fingerprint density at radius 3 is 2.50 bits per heavy atom. The first kappa shape index (κ1) is 12.2. The number of nitrogens with zero attached hydrogens (tertiary/aromatic N) is 1. The fraction of sp³-hybridized carbons (Fsp3) is 0.0667. The van der Waals surface area contributed by atoms with Crippen LogP contribution in [0, 0.1) is 0 Å². The standard InChI is InChI=1S/C15H12N2O3/c18-10-20-17-13-9-5-4-8-12(13)15(19)16-14(17)11-6-2-1-3-7-11/h1-10,14H,(H,16,19). The van der Waals surface area contributed by atoms with Crippen LogP contribution in [0.15, 0.2) is 54.6 Å². The summed E-state index contributed by atoms with van der Waals surface area (Å²) in [5, 5.41) is 4.23. The molecule has 1 aliphatic heterocycles. The second-order valence-corrected chi connectivity index (χ2v) is 4.33. The van der Waals surface area contributed by atoms with Crippen molar-refractivity contribution in [3.05, 3.63) is 65.7 Å². The monoisotopic (exact) mass is 268 g/mol. The Morgan fingerprint density at radius 2 is 1.75 bits per heavy atom. The van der Waals surface area contributed by atoms with Crippen molar-refractivity contribution in [2.24, 2.45) is 0 Å². The van der Waals surface area contributed by atoms with Gasteiger partial charge in [-0.3, -0.25) is 9.59 Å². The fourth-order valence-corrected chi connectivity index (χ4v) is 2.28. The molecule has 1 atom stereocenters. The number of hydrogen-bond acceptors (Lipinski definition) is 4. The molecule has 1 aliphatic rings. The first-order chi connectivity index (χ1) is 9.81.